The number of aliphatic imine (C=N–C) groups is 1. The van der Waals surface area contributed by atoms with E-state index in [0.29, 0.717) is 17.2 Å². The van der Waals surface area contributed by atoms with Crippen molar-refractivity contribution < 1.29 is 14.3 Å². The highest BCUT2D eigenvalue weighted by atomic mass is 127. The molecule has 0 saturated carbocycles. The summed E-state index contributed by atoms with van der Waals surface area (Å²) in [5.41, 5.74) is 4.15. The number of rotatable bonds is 5. The molecule has 0 aromatic heterocycles. The van der Waals surface area contributed by atoms with Crippen molar-refractivity contribution in [1.82, 2.24) is 0 Å². The number of esters is 1. The van der Waals surface area contributed by atoms with Crippen molar-refractivity contribution in [1.29, 1.82) is 0 Å². The lowest BCUT2D eigenvalue weighted by molar-refractivity contribution is -0.129. The Morgan fingerprint density at radius 2 is 1.74 bits per heavy atom. The Labute approximate surface area is 212 Å². The van der Waals surface area contributed by atoms with E-state index >= 15 is 0 Å². The van der Waals surface area contributed by atoms with Crippen LogP contribution in [-0.4, -0.2) is 11.9 Å². The monoisotopic (exact) mass is 655 g/mol. The predicted octanol–water partition coefficient (Wildman–Crippen LogP) is 6.78. The van der Waals surface area contributed by atoms with Gasteiger partial charge in [-0.2, -0.15) is 0 Å². The van der Waals surface area contributed by atoms with E-state index in [9.17, 15) is 4.79 Å². The Balaban J connectivity index is 1.56. The second-order valence-corrected chi connectivity index (χ2v) is 9.63. The van der Waals surface area contributed by atoms with Crippen molar-refractivity contribution in [3.63, 3.8) is 0 Å². The maximum absolute atomic E-state index is 12.3. The molecule has 31 heavy (non-hydrogen) atoms. The molecule has 3 aromatic carbocycles. The number of benzene rings is 3. The fourth-order valence-corrected chi connectivity index (χ4v) is 5.26. The van der Waals surface area contributed by atoms with Crippen molar-refractivity contribution in [2.24, 2.45) is 4.99 Å². The molecule has 0 fully saturated rings. The molecule has 0 atom stereocenters. The van der Waals surface area contributed by atoms with Crippen molar-refractivity contribution >= 4 is 74.7 Å². The van der Waals surface area contributed by atoms with Gasteiger partial charge in [-0.3, -0.25) is 0 Å². The second kappa shape index (κ2) is 9.70. The first-order valence-corrected chi connectivity index (χ1v) is 11.9. The van der Waals surface area contributed by atoms with Crippen LogP contribution in [0.4, 0.5) is 0 Å². The van der Waals surface area contributed by atoms with Crippen LogP contribution in [0, 0.1) is 14.1 Å². The number of hydrogen-bond donors (Lipinski definition) is 0. The summed E-state index contributed by atoms with van der Waals surface area (Å²) in [6, 6.07) is 19.1. The first-order chi connectivity index (χ1) is 14.9. The van der Waals surface area contributed by atoms with Gasteiger partial charge in [-0.25, -0.2) is 9.79 Å². The summed E-state index contributed by atoms with van der Waals surface area (Å²) in [5.74, 6) is 0.622. The van der Waals surface area contributed by atoms with Crippen LogP contribution >= 0.6 is 56.8 Å². The predicted molar refractivity (Wildman–Crippen MR) is 139 cm³/mol. The lowest BCUT2D eigenvalue weighted by atomic mass is 10.1. The highest BCUT2D eigenvalue weighted by molar-refractivity contribution is 14.1. The molecule has 0 radical (unpaired) electrons. The largest absolute Gasteiger partial charge is 0.487 e. The summed E-state index contributed by atoms with van der Waals surface area (Å²) < 4.78 is 13.3. The molecule has 0 spiro atoms. The molecule has 7 heteroatoms. The average molecular weight is 656 g/mol. The molecule has 156 valence electrons. The number of ether oxygens (including phenoxy) is 2. The SMILES string of the molecule is Cc1ccccc1COc1c(I)cc(/C=C2/N=C(c3ccc(Cl)cc3)OC2=O)cc1I. The van der Waals surface area contributed by atoms with Crippen LogP contribution in [0.3, 0.4) is 0 Å². The highest BCUT2D eigenvalue weighted by Crippen LogP contribution is 2.31. The standard InChI is InChI=1S/C24H16ClI2NO3/c1-14-4-2-3-5-17(14)13-30-22-19(26)10-15(11-20(22)27)12-21-24(29)31-23(28-21)16-6-8-18(25)9-7-16/h2-12H,13H2,1H3/b21-12+. The zero-order chi connectivity index (χ0) is 22.0. The second-order valence-electron chi connectivity index (χ2n) is 6.87. The van der Waals surface area contributed by atoms with Gasteiger partial charge < -0.3 is 9.47 Å². The smallest absolute Gasteiger partial charge is 0.363 e. The molecule has 1 heterocycles. The highest BCUT2D eigenvalue weighted by Gasteiger charge is 2.24. The van der Waals surface area contributed by atoms with Crippen LogP contribution in [0.25, 0.3) is 6.08 Å². The van der Waals surface area contributed by atoms with Crippen LogP contribution in [0.5, 0.6) is 5.75 Å². The normalized spacial score (nSPS) is 14.5. The topological polar surface area (TPSA) is 47.9 Å². The van der Waals surface area contributed by atoms with Gasteiger partial charge in [0.25, 0.3) is 0 Å². The molecule has 0 saturated heterocycles. The van der Waals surface area contributed by atoms with Gasteiger partial charge in [0.1, 0.15) is 12.4 Å². The van der Waals surface area contributed by atoms with Gasteiger partial charge in [-0.1, -0.05) is 35.9 Å². The van der Waals surface area contributed by atoms with Gasteiger partial charge in [0.05, 0.1) is 7.14 Å². The molecular weight excluding hydrogens is 640 g/mol. The minimum atomic E-state index is -0.477. The minimum absolute atomic E-state index is 0.255. The number of cyclic esters (lactones) is 1. The van der Waals surface area contributed by atoms with E-state index < -0.39 is 5.97 Å². The maximum atomic E-state index is 12.3. The molecule has 0 aliphatic carbocycles. The van der Waals surface area contributed by atoms with Crippen LogP contribution in [0.15, 0.2) is 71.4 Å². The van der Waals surface area contributed by atoms with Crippen molar-refractivity contribution in [3.05, 3.63) is 101 Å². The summed E-state index contributed by atoms with van der Waals surface area (Å²) in [6.07, 6.45) is 1.72. The Morgan fingerprint density at radius 3 is 2.42 bits per heavy atom. The molecule has 4 nitrogen and oxygen atoms in total. The van der Waals surface area contributed by atoms with Gasteiger partial charge in [0.15, 0.2) is 5.70 Å². The quantitative estimate of drug-likeness (QED) is 0.173. The van der Waals surface area contributed by atoms with Gasteiger partial charge in [0, 0.05) is 10.6 Å². The first kappa shape index (κ1) is 22.3. The van der Waals surface area contributed by atoms with E-state index in [1.165, 1.54) is 5.56 Å². The fraction of sp³-hybridized carbons (Fsp3) is 0.0833. The van der Waals surface area contributed by atoms with Crippen LogP contribution in [0.1, 0.15) is 22.3 Å². The van der Waals surface area contributed by atoms with E-state index in [1.54, 1.807) is 30.3 Å². The zero-order valence-corrected chi connectivity index (χ0v) is 21.4. The number of aryl methyl sites for hydroxylation is 1. The van der Waals surface area contributed by atoms with Crippen LogP contribution < -0.4 is 4.74 Å². The van der Waals surface area contributed by atoms with E-state index in [4.69, 9.17) is 21.1 Å². The average Bonchev–Trinajstić information content (AvgIpc) is 3.09. The Bertz CT molecular complexity index is 1200. The summed E-state index contributed by atoms with van der Waals surface area (Å²) in [7, 11) is 0. The summed E-state index contributed by atoms with van der Waals surface area (Å²) >= 11 is 10.4. The number of nitrogens with zero attached hydrogens (tertiary/aromatic N) is 1. The van der Waals surface area contributed by atoms with Gasteiger partial charge in [-0.15, -0.1) is 0 Å². The van der Waals surface area contributed by atoms with E-state index in [2.05, 4.69) is 69.2 Å². The summed E-state index contributed by atoms with van der Waals surface area (Å²) in [4.78, 5) is 16.7. The summed E-state index contributed by atoms with van der Waals surface area (Å²) in [6.45, 7) is 2.57. The van der Waals surface area contributed by atoms with Crippen molar-refractivity contribution in [2.75, 3.05) is 0 Å². The first-order valence-electron chi connectivity index (χ1n) is 9.35. The lowest BCUT2D eigenvalue weighted by Crippen LogP contribution is -2.05. The number of halogens is 3. The number of carbonyl (C=O) groups excluding carboxylic acids is 1. The fourth-order valence-electron chi connectivity index (χ4n) is 3.01. The third kappa shape index (κ3) is 5.30. The van der Waals surface area contributed by atoms with Gasteiger partial charge in [0.2, 0.25) is 5.90 Å². The van der Waals surface area contributed by atoms with Crippen molar-refractivity contribution in [2.45, 2.75) is 13.5 Å². The van der Waals surface area contributed by atoms with E-state index in [0.717, 1.165) is 24.0 Å². The Kier molecular flexibility index (Phi) is 6.98. The third-order valence-corrected chi connectivity index (χ3v) is 6.52. The third-order valence-electron chi connectivity index (χ3n) is 4.67. The molecule has 1 aliphatic heterocycles. The summed E-state index contributed by atoms with van der Waals surface area (Å²) in [5, 5.41) is 0.610. The van der Waals surface area contributed by atoms with Crippen LogP contribution in [-0.2, 0) is 16.1 Å². The van der Waals surface area contributed by atoms with E-state index in [1.807, 2.05) is 24.3 Å². The molecule has 1 aliphatic rings. The minimum Gasteiger partial charge on any atom is -0.487 e. The zero-order valence-electron chi connectivity index (χ0n) is 16.4. The Hall–Kier alpha value is -1.91. The molecule has 3 aromatic rings. The van der Waals surface area contributed by atoms with Gasteiger partial charge in [-0.05, 0) is 111 Å². The molecule has 4 rings (SSSR count). The lowest BCUT2D eigenvalue weighted by Gasteiger charge is -2.13. The molecule has 0 unspecified atom stereocenters. The molecular formula is C24H16ClI2NO3. The van der Waals surface area contributed by atoms with Crippen LogP contribution in [0.2, 0.25) is 5.02 Å². The van der Waals surface area contributed by atoms with E-state index in [-0.39, 0.29) is 11.6 Å². The van der Waals surface area contributed by atoms with Gasteiger partial charge >= 0.3 is 5.97 Å². The number of hydrogen-bond acceptors (Lipinski definition) is 4. The molecule has 0 amide bonds. The maximum Gasteiger partial charge on any atom is 0.363 e. The Morgan fingerprint density at radius 1 is 1.06 bits per heavy atom. The van der Waals surface area contributed by atoms with Crippen molar-refractivity contribution in [3.8, 4) is 5.75 Å². The molecule has 0 bridgehead atoms. The molecule has 0 N–H and O–H groups in total. The number of carbonyl (C=O) groups is 1.